The lowest BCUT2D eigenvalue weighted by Crippen LogP contribution is -2.30. The van der Waals surface area contributed by atoms with Crippen LogP contribution in [0.5, 0.6) is 5.75 Å². The van der Waals surface area contributed by atoms with Crippen molar-refractivity contribution in [2.24, 2.45) is 0 Å². The van der Waals surface area contributed by atoms with Crippen molar-refractivity contribution in [2.75, 3.05) is 30.9 Å². The number of methoxy groups -OCH3 is 1. The predicted octanol–water partition coefficient (Wildman–Crippen LogP) is 5.67. The fourth-order valence-corrected chi connectivity index (χ4v) is 4.51. The monoisotopic (exact) mass is 499 g/mol. The number of nitrogens with one attached hydrogen (secondary N) is 1. The number of hydrogen-bond acceptors (Lipinski definition) is 6. The van der Waals surface area contributed by atoms with Crippen LogP contribution in [0, 0.1) is 11.5 Å². The van der Waals surface area contributed by atoms with Gasteiger partial charge in [-0.05, 0) is 54.8 Å². The van der Waals surface area contributed by atoms with Gasteiger partial charge in [0.1, 0.15) is 19.9 Å². The molecule has 0 fully saturated rings. The summed E-state index contributed by atoms with van der Waals surface area (Å²) in [6.07, 6.45) is 5.03. The summed E-state index contributed by atoms with van der Waals surface area (Å²) >= 11 is 0. The number of pyridine rings is 1. The Morgan fingerprint density at radius 1 is 1.17 bits per heavy atom. The average molecular weight is 500 g/mol. The van der Waals surface area contributed by atoms with Gasteiger partial charge in [0.05, 0.1) is 31.1 Å². The molecule has 1 aliphatic heterocycles. The van der Waals surface area contributed by atoms with Crippen LogP contribution in [0.25, 0.3) is 0 Å². The van der Waals surface area contributed by atoms with Crippen LogP contribution < -0.4 is 15.0 Å². The van der Waals surface area contributed by atoms with E-state index in [9.17, 15) is 4.79 Å². The zero-order chi connectivity index (χ0) is 25.7. The quantitative estimate of drug-likeness (QED) is 0.268. The Balaban J connectivity index is 1.43. The molecule has 2 aromatic carbocycles. The van der Waals surface area contributed by atoms with Gasteiger partial charge in [0.25, 0.3) is 0 Å². The van der Waals surface area contributed by atoms with E-state index in [1.807, 2.05) is 0 Å². The van der Waals surface area contributed by atoms with Gasteiger partial charge < -0.3 is 19.7 Å². The first-order valence-electron chi connectivity index (χ1n) is 12.2. The molecule has 186 valence electrons. The SMILES string of the molecule is COC(=O)c1ccncc1NCC1CCc2ccc(N(C)c3ccc(C#C[Si](C)(C)C)cc3)cc2O1. The number of esters is 1. The van der Waals surface area contributed by atoms with Crippen molar-refractivity contribution in [3.05, 3.63) is 77.6 Å². The number of rotatable bonds is 6. The molecule has 0 bridgehead atoms. The number of benzene rings is 2. The largest absolute Gasteiger partial charge is 0.488 e. The van der Waals surface area contributed by atoms with Crippen LogP contribution in [0.15, 0.2) is 60.9 Å². The van der Waals surface area contributed by atoms with Gasteiger partial charge in [-0.2, -0.15) is 0 Å². The number of nitrogens with zero attached hydrogens (tertiary/aromatic N) is 2. The fraction of sp³-hybridized carbons (Fsp3) is 0.310. The van der Waals surface area contributed by atoms with Gasteiger partial charge in [-0.3, -0.25) is 4.98 Å². The van der Waals surface area contributed by atoms with Gasteiger partial charge in [-0.15, -0.1) is 5.54 Å². The van der Waals surface area contributed by atoms with Crippen LogP contribution in [-0.2, 0) is 11.2 Å². The highest BCUT2D eigenvalue weighted by Gasteiger charge is 2.22. The fourth-order valence-electron chi connectivity index (χ4n) is 3.99. The van der Waals surface area contributed by atoms with Crippen molar-refractivity contribution < 1.29 is 14.3 Å². The molecule has 2 heterocycles. The molecule has 0 saturated heterocycles. The minimum absolute atomic E-state index is 0.0204. The third-order valence-electron chi connectivity index (χ3n) is 6.05. The molecule has 0 saturated carbocycles. The van der Waals surface area contributed by atoms with E-state index in [2.05, 4.69) is 95.8 Å². The van der Waals surface area contributed by atoms with E-state index in [1.165, 1.54) is 12.7 Å². The lowest BCUT2D eigenvalue weighted by Gasteiger charge is -2.28. The second-order valence-corrected chi connectivity index (χ2v) is 14.7. The highest BCUT2D eigenvalue weighted by Crippen LogP contribution is 2.34. The number of anilines is 3. The molecule has 36 heavy (non-hydrogen) atoms. The van der Waals surface area contributed by atoms with E-state index in [0.717, 1.165) is 35.5 Å². The molecular weight excluding hydrogens is 466 g/mol. The molecular formula is C29H33N3O3Si. The summed E-state index contributed by atoms with van der Waals surface area (Å²) in [6, 6.07) is 16.4. The van der Waals surface area contributed by atoms with E-state index >= 15 is 0 Å². The number of hydrogen-bond donors (Lipinski definition) is 1. The maximum absolute atomic E-state index is 12.0. The minimum Gasteiger partial charge on any atom is -0.488 e. The molecule has 7 heteroatoms. The number of aromatic nitrogens is 1. The van der Waals surface area contributed by atoms with Gasteiger partial charge in [0.2, 0.25) is 0 Å². The highest BCUT2D eigenvalue weighted by atomic mass is 28.3. The molecule has 1 unspecified atom stereocenters. The second kappa shape index (κ2) is 10.9. The zero-order valence-corrected chi connectivity index (χ0v) is 22.6. The van der Waals surface area contributed by atoms with Crippen LogP contribution in [-0.4, -0.2) is 45.8 Å². The molecule has 1 N–H and O–H groups in total. The Kier molecular flexibility index (Phi) is 7.66. The molecule has 3 aromatic rings. The molecule has 0 spiro atoms. The van der Waals surface area contributed by atoms with Crippen molar-refractivity contribution in [3.8, 4) is 17.2 Å². The summed E-state index contributed by atoms with van der Waals surface area (Å²) in [5, 5.41) is 3.31. The van der Waals surface area contributed by atoms with Crippen LogP contribution in [0.4, 0.5) is 17.1 Å². The third-order valence-corrected chi connectivity index (χ3v) is 6.93. The number of ether oxygens (including phenoxy) is 2. The maximum atomic E-state index is 12.0. The Morgan fingerprint density at radius 3 is 2.64 bits per heavy atom. The number of carbonyl (C=O) groups is 1. The summed E-state index contributed by atoms with van der Waals surface area (Å²) in [7, 11) is 2.04. The van der Waals surface area contributed by atoms with Crippen molar-refractivity contribution in [1.82, 2.24) is 4.98 Å². The van der Waals surface area contributed by atoms with Crippen LogP contribution in [0.3, 0.4) is 0 Å². The molecule has 6 nitrogen and oxygen atoms in total. The predicted molar refractivity (Wildman–Crippen MR) is 148 cm³/mol. The van der Waals surface area contributed by atoms with Gasteiger partial charge in [-0.25, -0.2) is 4.79 Å². The van der Waals surface area contributed by atoms with Crippen LogP contribution in [0.2, 0.25) is 19.6 Å². The Hall–Kier alpha value is -3.76. The lowest BCUT2D eigenvalue weighted by atomic mass is 10.0. The smallest absolute Gasteiger partial charge is 0.340 e. The molecule has 1 atom stereocenters. The summed E-state index contributed by atoms with van der Waals surface area (Å²) in [6.45, 7) is 7.31. The van der Waals surface area contributed by atoms with Crippen LogP contribution in [0.1, 0.15) is 27.9 Å². The summed E-state index contributed by atoms with van der Waals surface area (Å²) < 4.78 is 11.2. The van der Waals surface area contributed by atoms with E-state index in [0.29, 0.717) is 17.8 Å². The van der Waals surface area contributed by atoms with Gasteiger partial charge >= 0.3 is 5.97 Å². The van der Waals surface area contributed by atoms with Crippen LogP contribution >= 0.6 is 0 Å². The zero-order valence-electron chi connectivity index (χ0n) is 21.6. The van der Waals surface area contributed by atoms with Gasteiger partial charge in [-0.1, -0.05) is 31.6 Å². The van der Waals surface area contributed by atoms with Crippen molar-refractivity contribution in [1.29, 1.82) is 0 Å². The van der Waals surface area contributed by atoms with Crippen molar-refractivity contribution >= 4 is 31.1 Å². The molecule has 4 rings (SSSR count). The van der Waals surface area contributed by atoms with Gasteiger partial charge in [0, 0.05) is 36.2 Å². The summed E-state index contributed by atoms with van der Waals surface area (Å²) in [5.74, 6) is 3.82. The minimum atomic E-state index is -1.40. The first-order chi connectivity index (χ1) is 17.2. The Labute approximate surface area is 214 Å². The van der Waals surface area contributed by atoms with E-state index in [1.54, 1.807) is 18.5 Å². The molecule has 0 amide bonds. The van der Waals surface area contributed by atoms with Gasteiger partial charge in [0.15, 0.2) is 0 Å². The summed E-state index contributed by atoms with van der Waals surface area (Å²) in [4.78, 5) is 18.3. The Morgan fingerprint density at radius 2 is 1.92 bits per heavy atom. The normalized spacial score (nSPS) is 14.5. The lowest BCUT2D eigenvalue weighted by molar-refractivity contribution is 0.0601. The molecule has 0 aliphatic carbocycles. The van der Waals surface area contributed by atoms with E-state index in [4.69, 9.17) is 9.47 Å². The maximum Gasteiger partial charge on any atom is 0.340 e. The number of aryl methyl sites for hydroxylation is 1. The average Bonchev–Trinajstić information content (AvgIpc) is 2.89. The van der Waals surface area contributed by atoms with E-state index in [-0.39, 0.29) is 6.10 Å². The van der Waals surface area contributed by atoms with E-state index < -0.39 is 14.0 Å². The second-order valence-electron chi connectivity index (χ2n) is 9.97. The molecule has 1 aromatic heterocycles. The molecule has 0 radical (unpaired) electrons. The summed E-state index contributed by atoms with van der Waals surface area (Å²) in [5.41, 5.74) is 8.92. The standard InChI is InChI=1S/C29H33N3O3Si/c1-32(23-10-6-21(7-11-23)15-17-36(3,4)5)24-12-8-22-9-13-25(35-28(22)18-24)19-31-27-20-30-16-14-26(27)29(33)34-2/h6-8,10-12,14,16,18,20,25,31H,9,13,19H2,1-5H3. The molecule has 1 aliphatic rings. The number of fused-ring (bicyclic) bond motifs is 1. The topological polar surface area (TPSA) is 63.7 Å². The Bertz CT molecular complexity index is 1290. The van der Waals surface area contributed by atoms with Crippen molar-refractivity contribution in [2.45, 2.75) is 38.6 Å². The third kappa shape index (κ3) is 6.26. The first-order valence-corrected chi connectivity index (χ1v) is 15.7. The first kappa shape index (κ1) is 25.3. The number of carbonyl (C=O) groups excluding carboxylic acids is 1. The highest BCUT2D eigenvalue weighted by molar-refractivity contribution is 6.83. The van der Waals surface area contributed by atoms with Crippen molar-refractivity contribution in [3.63, 3.8) is 0 Å².